The third kappa shape index (κ3) is 4.88. The number of nitrogens with zero attached hydrogens (tertiary/aromatic N) is 4. The number of hydrogen-bond acceptors (Lipinski definition) is 5. The molecule has 3 aromatic carbocycles. The molecule has 37 heavy (non-hydrogen) atoms. The van der Waals surface area contributed by atoms with Crippen LogP contribution in [0, 0.1) is 24.1 Å². The van der Waals surface area contributed by atoms with Gasteiger partial charge in [-0.15, -0.1) is 0 Å². The summed E-state index contributed by atoms with van der Waals surface area (Å²) in [5, 5.41) is 16.8. The zero-order chi connectivity index (χ0) is 25.9. The SMILES string of the molecule is Cc1c(Oc2ccnc3cc(-c4cnn(C)c4)ccc23)cccc1C(=O)NCc1ccc(C#N)c(F)c1. The average molecular weight is 492 g/mol. The van der Waals surface area contributed by atoms with Crippen molar-refractivity contribution < 1.29 is 13.9 Å². The molecule has 1 N–H and O–H groups in total. The topological polar surface area (TPSA) is 92.8 Å². The Balaban J connectivity index is 1.36. The fraction of sp³-hybridized carbons (Fsp3) is 0.103. The first-order valence-corrected chi connectivity index (χ1v) is 11.5. The van der Waals surface area contributed by atoms with Crippen molar-refractivity contribution in [1.29, 1.82) is 5.26 Å². The number of ether oxygens (including phenoxy) is 1. The van der Waals surface area contributed by atoms with Crippen LogP contribution in [0.25, 0.3) is 22.0 Å². The van der Waals surface area contributed by atoms with Gasteiger partial charge in [-0.3, -0.25) is 14.5 Å². The lowest BCUT2D eigenvalue weighted by Gasteiger charge is -2.14. The Morgan fingerprint density at radius 1 is 1.11 bits per heavy atom. The minimum absolute atomic E-state index is 0.0345. The van der Waals surface area contributed by atoms with E-state index in [0.29, 0.717) is 28.2 Å². The number of nitriles is 1. The number of benzene rings is 3. The number of aromatic nitrogens is 3. The standard InChI is InChI=1S/C29H22FN5O2/c1-18-23(29(36)33-15-19-6-7-21(14-31)25(30)12-19)4-3-5-27(18)37-28-10-11-32-26-13-20(8-9-24(26)28)22-16-34-35(2)17-22/h3-13,16-17H,15H2,1-2H3,(H,33,36). The van der Waals surface area contributed by atoms with Crippen molar-refractivity contribution in [3.63, 3.8) is 0 Å². The molecule has 7 nitrogen and oxygen atoms in total. The van der Waals surface area contributed by atoms with Crippen LogP contribution in [0.5, 0.6) is 11.5 Å². The summed E-state index contributed by atoms with van der Waals surface area (Å²) in [5.41, 5.74) is 4.42. The number of amides is 1. The first kappa shape index (κ1) is 23.7. The zero-order valence-corrected chi connectivity index (χ0v) is 20.2. The van der Waals surface area contributed by atoms with Gasteiger partial charge in [0.15, 0.2) is 0 Å². The monoisotopic (exact) mass is 491 g/mol. The molecule has 0 aliphatic carbocycles. The van der Waals surface area contributed by atoms with E-state index in [2.05, 4.69) is 15.4 Å². The smallest absolute Gasteiger partial charge is 0.251 e. The number of carbonyl (C=O) groups excluding carboxylic acids is 1. The molecule has 0 saturated carbocycles. The average Bonchev–Trinajstić information content (AvgIpc) is 3.34. The largest absolute Gasteiger partial charge is 0.456 e. The van der Waals surface area contributed by atoms with Gasteiger partial charge in [0.2, 0.25) is 0 Å². The molecule has 0 fully saturated rings. The number of fused-ring (bicyclic) bond motifs is 1. The maximum Gasteiger partial charge on any atom is 0.251 e. The molecule has 2 heterocycles. The normalized spacial score (nSPS) is 10.8. The van der Waals surface area contributed by atoms with E-state index in [1.807, 2.05) is 38.4 Å². The molecule has 0 unspecified atom stereocenters. The molecule has 8 heteroatoms. The first-order chi connectivity index (χ1) is 17.9. The van der Waals surface area contributed by atoms with Crippen molar-refractivity contribution in [3.05, 3.63) is 107 Å². The van der Waals surface area contributed by atoms with Crippen LogP contribution in [0.2, 0.25) is 0 Å². The Labute approximate surface area is 212 Å². The summed E-state index contributed by atoms with van der Waals surface area (Å²) in [6.45, 7) is 1.94. The molecule has 182 valence electrons. The minimum Gasteiger partial charge on any atom is -0.456 e. The number of rotatable bonds is 6. The fourth-order valence-electron chi connectivity index (χ4n) is 4.09. The van der Waals surface area contributed by atoms with Gasteiger partial charge in [0.05, 0.1) is 17.3 Å². The summed E-state index contributed by atoms with van der Waals surface area (Å²) in [5.74, 6) is 0.240. The van der Waals surface area contributed by atoms with E-state index in [1.165, 1.54) is 12.1 Å². The van der Waals surface area contributed by atoms with E-state index >= 15 is 0 Å². The summed E-state index contributed by atoms with van der Waals surface area (Å²) in [7, 11) is 1.87. The molecular formula is C29H22FN5O2. The summed E-state index contributed by atoms with van der Waals surface area (Å²) < 4.78 is 21.9. The number of hydrogen-bond donors (Lipinski definition) is 1. The lowest BCUT2D eigenvalue weighted by molar-refractivity contribution is 0.0950. The minimum atomic E-state index is -0.613. The highest BCUT2D eigenvalue weighted by atomic mass is 19.1. The van der Waals surface area contributed by atoms with Gasteiger partial charge in [-0.05, 0) is 60.5 Å². The van der Waals surface area contributed by atoms with Crippen LogP contribution in [0.3, 0.4) is 0 Å². The summed E-state index contributed by atoms with van der Waals surface area (Å²) in [4.78, 5) is 17.4. The van der Waals surface area contributed by atoms with Gasteiger partial charge in [0.25, 0.3) is 5.91 Å². The molecule has 5 rings (SSSR count). The molecule has 0 spiro atoms. The van der Waals surface area contributed by atoms with Crippen LogP contribution in [0.15, 0.2) is 79.3 Å². The lowest BCUT2D eigenvalue weighted by Crippen LogP contribution is -2.23. The molecule has 0 aliphatic heterocycles. The second kappa shape index (κ2) is 9.91. The van der Waals surface area contributed by atoms with Crippen LogP contribution in [0.1, 0.15) is 27.0 Å². The predicted molar refractivity (Wildman–Crippen MR) is 137 cm³/mol. The number of aryl methyl sites for hydroxylation is 1. The Kier molecular flexibility index (Phi) is 6.35. The van der Waals surface area contributed by atoms with Crippen LogP contribution in [-0.2, 0) is 13.6 Å². The van der Waals surface area contributed by atoms with Gasteiger partial charge in [-0.2, -0.15) is 10.4 Å². The van der Waals surface area contributed by atoms with Gasteiger partial charge in [-0.1, -0.05) is 18.2 Å². The lowest BCUT2D eigenvalue weighted by atomic mass is 10.1. The predicted octanol–water partition coefficient (Wildman–Crippen LogP) is 5.68. The number of pyridine rings is 1. The van der Waals surface area contributed by atoms with Crippen LogP contribution in [-0.4, -0.2) is 20.7 Å². The summed E-state index contributed by atoms with van der Waals surface area (Å²) in [6, 6.07) is 19.0. The van der Waals surface area contributed by atoms with E-state index in [-0.39, 0.29) is 18.0 Å². The molecule has 0 aliphatic rings. The van der Waals surface area contributed by atoms with Crippen molar-refractivity contribution >= 4 is 16.8 Å². The second-order valence-electron chi connectivity index (χ2n) is 8.58. The molecular weight excluding hydrogens is 469 g/mol. The third-order valence-corrected chi connectivity index (χ3v) is 6.10. The molecule has 1 amide bonds. The fourth-order valence-corrected chi connectivity index (χ4v) is 4.09. The maximum absolute atomic E-state index is 13.9. The third-order valence-electron chi connectivity index (χ3n) is 6.10. The van der Waals surface area contributed by atoms with Crippen molar-refractivity contribution in [2.75, 3.05) is 0 Å². The molecule has 0 saturated heterocycles. The van der Waals surface area contributed by atoms with E-state index in [9.17, 15) is 9.18 Å². The van der Waals surface area contributed by atoms with Gasteiger partial charge in [0, 0.05) is 48.1 Å². The van der Waals surface area contributed by atoms with Gasteiger partial charge in [0.1, 0.15) is 23.4 Å². The Morgan fingerprint density at radius 3 is 2.73 bits per heavy atom. The number of nitrogens with one attached hydrogen (secondary N) is 1. The molecule has 2 aromatic heterocycles. The second-order valence-corrected chi connectivity index (χ2v) is 8.58. The van der Waals surface area contributed by atoms with E-state index < -0.39 is 5.82 Å². The molecule has 0 radical (unpaired) electrons. The van der Waals surface area contributed by atoms with Crippen molar-refractivity contribution in [3.8, 4) is 28.7 Å². The first-order valence-electron chi connectivity index (χ1n) is 11.5. The van der Waals surface area contributed by atoms with Crippen LogP contribution in [0.4, 0.5) is 4.39 Å². The van der Waals surface area contributed by atoms with Crippen LogP contribution < -0.4 is 10.1 Å². The summed E-state index contributed by atoms with van der Waals surface area (Å²) >= 11 is 0. The van der Waals surface area contributed by atoms with Crippen LogP contribution >= 0.6 is 0 Å². The van der Waals surface area contributed by atoms with Gasteiger partial charge in [-0.25, -0.2) is 4.39 Å². The van der Waals surface area contributed by atoms with E-state index in [4.69, 9.17) is 10.00 Å². The Bertz CT molecular complexity index is 1690. The van der Waals surface area contributed by atoms with Crippen molar-refractivity contribution in [1.82, 2.24) is 20.1 Å². The highest BCUT2D eigenvalue weighted by Gasteiger charge is 2.15. The van der Waals surface area contributed by atoms with Gasteiger partial charge < -0.3 is 10.1 Å². The highest BCUT2D eigenvalue weighted by Crippen LogP contribution is 2.33. The van der Waals surface area contributed by atoms with Gasteiger partial charge >= 0.3 is 0 Å². The van der Waals surface area contributed by atoms with Crippen molar-refractivity contribution in [2.24, 2.45) is 7.05 Å². The maximum atomic E-state index is 13.9. The highest BCUT2D eigenvalue weighted by molar-refractivity contribution is 5.96. The van der Waals surface area contributed by atoms with E-state index in [0.717, 1.165) is 22.0 Å². The Hall–Kier alpha value is -5.03. The summed E-state index contributed by atoms with van der Waals surface area (Å²) in [6.07, 6.45) is 5.44. The molecule has 5 aromatic rings. The quantitative estimate of drug-likeness (QED) is 0.330. The zero-order valence-electron chi connectivity index (χ0n) is 20.2. The molecule has 0 bridgehead atoms. The Morgan fingerprint density at radius 2 is 1.97 bits per heavy atom. The molecule has 0 atom stereocenters. The number of carbonyl (C=O) groups is 1. The van der Waals surface area contributed by atoms with Crippen molar-refractivity contribution in [2.45, 2.75) is 13.5 Å². The number of halogens is 1. The van der Waals surface area contributed by atoms with E-state index in [1.54, 1.807) is 53.5 Å².